The van der Waals surface area contributed by atoms with Crippen LogP contribution in [-0.4, -0.2) is 24.1 Å². The van der Waals surface area contributed by atoms with Crippen LogP contribution in [0.2, 0.25) is 0 Å². The highest BCUT2D eigenvalue weighted by atomic mass is 32.1. The minimum Gasteiger partial charge on any atom is -0.486 e. The van der Waals surface area contributed by atoms with E-state index in [-0.39, 0.29) is 24.3 Å². The summed E-state index contributed by atoms with van der Waals surface area (Å²) in [7, 11) is 0. The predicted octanol–water partition coefficient (Wildman–Crippen LogP) is 4.54. The fraction of sp³-hybridized carbons (Fsp3) is 0.364. The molecular weight excluding hydrogens is 388 g/mol. The summed E-state index contributed by atoms with van der Waals surface area (Å²) in [6.45, 7) is 7.10. The van der Waals surface area contributed by atoms with Gasteiger partial charge in [0, 0.05) is 0 Å². The third-order valence-electron chi connectivity index (χ3n) is 4.86. The number of carbonyl (C=O) groups is 1. The van der Waals surface area contributed by atoms with Crippen LogP contribution in [0.5, 0.6) is 11.5 Å². The van der Waals surface area contributed by atoms with Crippen molar-refractivity contribution in [1.29, 1.82) is 0 Å². The molecule has 0 aliphatic carbocycles. The largest absolute Gasteiger partial charge is 0.486 e. The minimum atomic E-state index is -0.137. The number of aryl methyl sites for hydroxylation is 1. The molecule has 7 heteroatoms. The van der Waals surface area contributed by atoms with Crippen molar-refractivity contribution < 1.29 is 18.7 Å². The summed E-state index contributed by atoms with van der Waals surface area (Å²) in [5, 5.41) is 5.12. The first-order valence-electron chi connectivity index (χ1n) is 9.70. The van der Waals surface area contributed by atoms with Crippen LogP contribution >= 0.6 is 11.3 Å². The molecule has 3 heterocycles. The lowest BCUT2D eigenvalue weighted by atomic mass is 9.95. The summed E-state index contributed by atoms with van der Waals surface area (Å²) in [5.41, 5.74) is 1.66. The second-order valence-electron chi connectivity index (χ2n) is 7.37. The normalized spacial score (nSPS) is 14.1. The van der Waals surface area contributed by atoms with Crippen molar-refractivity contribution in [2.45, 2.75) is 33.2 Å². The van der Waals surface area contributed by atoms with E-state index in [1.807, 2.05) is 42.6 Å². The number of hydrogen-bond acceptors (Lipinski definition) is 6. The van der Waals surface area contributed by atoms with Crippen molar-refractivity contribution in [1.82, 2.24) is 10.3 Å². The van der Waals surface area contributed by atoms with Gasteiger partial charge in [0.2, 0.25) is 11.8 Å². The lowest BCUT2D eigenvalue weighted by Gasteiger charge is -2.25. The number of nitrogens with zero attached hydrogens (tertiary/aromatic N) is 1. The van der Waals surface area contributed by atoms with Crippen LogP contribution in [0.1, 0.15) is 36.9 Å². The zero-order chi connectivity index (χ0) is 20.4. The molecule has 1 N–H and O–H groups in total. The molecule has 0 fully saturated rings. The molecule has 1 aromatic carbocycles. The quantitative estimate of drug-likeness (QED) is 0.643. The third kappa shape index (κ3) is 4.29. The molecule has 0 bridgehead atoms. The highest BCUT2D eigenvalue weighted by molar-refractivity contribution is 7.13. The molecule has 1 amide bonds. The standard InChI is InChI=1S/C22H24N2O4S/c1-13(2)21(15-6-7-17-18(11-15)27-9-8-26-17)24-20(25)12-16-14(3)28-22(23-16)19-5-4-10-29-19/h4-7,10-11,13,21H,8-9,12H2,1-3H3,(H,24,25). The van der Waals surface area contributed by atoms with Gasteiger partial charge >= 0.3 is 0 Å². The Kier molecular flexibility index (Phi) is 5.58. The Morgan fingerprint density at radius 2 is 2.00 bits per heavy atom. The molecule has 1 unspecified atom stereocenters. The average molecular weight is 413 g/mol. The summed E-state index contributed by atoms with van der Waals surface area (Å²) >= 11 is 1.56. The van der Waals surface area contributed by atoms with Gasteiger partial charge < -0.3 is 19.2 Å². The first-order chi connectivity index (χ1) is 14.0. The Morgan fingerprint density at radius 3 is 2.72 bits per heavy atom. The second-order valence-corrected chi connectivity index (χ2v) is 8.32. The van der Waals surface area contributed by atoms with Gasteiger partial charge in [0.05, 0.1) is 23.0 Å². The van der Waals surface area contributed by atoms with E-state index in [2.05, 4.69) is 24.1 Å². The van der Waals surface area contributed by atoms with Crippen LogP contribution in [0.15, 0.2) is 40.1 Å². The molecule has 1 aliphatic heterocycles. The van der Waals surface area contributed by atoms with Gasteiger partial charge in [-0.05, 0) is 42.0 Å². The van der Waals surface area contributed by atoms with E-state index in [4.69, 9.17) is 13.9 Å². The predicted molar refractivity (Wildman–Crippen MR) is 111 cm³/mol. The summed E-state index contributed by atoms with van der Waals surface area (Å²) < 4.78 is 17.0. The van der Waals surface area contributed by atoms with Crippen molar-refractivity contribution in [2.24, 2.45) is 5.92 Å². The zero-order valence-electron chi connectivity index (χ0n) is 16.7. The van der Waals surface area contributed by atoms with Crippen LogP contribution in [0.4, 0.5) is 0 Å². The lowest BCUT2D eigenvalue weighted by molar-refractivity contribution is -0.121. The van der Waals surface area contributed by atoms with Crippen molar-refractivity contribution >= 4 is 17.2 Å². The van der Waals surface area contributed by atoms with Crippen molar-refractivity contribution in [2.75, 3.05) is 13.2 Å². The highest BCUT2D eigenvalue weighted by Crippen LogP contribution is 2.34. The Bertz CT molecular complexity index is 994. The Hall–Kier alpha value is -2.80. The van der Waals surface area contributed by atoms with Gasteiger partial charge in [-0.1, -0.05) is 26.0 Å². The van der Waals surface area contributed by atoms with Crippen molar-refractivity contribution in [3.63, 3.8) is 0 Å². The van der Waals surface area contributed by atoms with Crippen LogP contribution in [0.3, 0.4) is 0 Å². The molecule has 0 radical (unpaired) electrons. The Labute approximate surface area is 173 Å². The van der Waals surface area contributed by atoms with E-state index in [0.29, 0.717) is 30.6 Å². The number of carbonyl (C=O) groups excluding carboxylic acids is 1. The number of nitrogens with one attached hydrogen (secondary N) is 1. The van der Waals surface area contributed by atoms with Crippen LogP contribution in [0, 0.1) is 12.8 Å². The molecular formula is C22H24N2O4S. The number of oxazole rings is 1. The summed E-state index contributed by atoms with van der Waals surface area (Å²) in [6.07, 6.45) is 0.175. The maximum atomic E-state index is 12.8. The molecule has 6 nitrogen and oxygen atoms in total. The van der Waals surface area contributed by atoms with E-state index in [1.165, 1.54) is 0 Å². The molecule has 3 aromatic rings. The average Bonchev–Trinajstić information content (AvgIpc) is 3.36. The Morgan fingerprint density at radius 1 is 1.21 bits per heavy atom. The number of amides is 1. The molecule has 1 aliphatic rings. The molecule has 0 saturated carbocycles. The number of thiophene rings is 1. The molecule has 152 valence electrons. The van der Waals surface area contributed by atoms with E-state index >= 15 is 0 Å². The second kappa shape index (κ2) is 8.29. The topological polar surface area (TPSA) is 73.6 Å². The van der Waals surface area contributed by atoms with Crippen molar-refractivity contribution in [3.05, 3.63) is 52.7 Å². The van der Waals surface area contributed by atoms with Gasteiger partial charge in [-0.3, -0.25) is 4.79 Å². The SMILES string of the molecule is Cc1oc(-c2cccs2)nc1CC(=O)NC(c1ccc2c(c1)OCCO2)C(C)C. The van der Waals surface area contributed by atoms with Gasteiger partial charge in [0.1, 0.15) is 19.0 Å². The highest BCUT2D eigenvalue weighted by Gasteiger charge is 2.23. The number of fused-ring (bicyclic) bond motifs is 1. The fourth-order valence-electron chi connectivity index (χ4n) is 3.36. The monoisotopic (exact) mass is 412 g/mol. The maximum Gasteiger partial charge on any atom is 0.236 e. The first kappa shape index (κ1) is 19.5. The molecule has 2 aromatic heterocycles. The Balaban J connectivity index is 1.48. The minimum absolute atomic E-state index is 0.0901. The van der Waals surface area contributed by atoms with E-state index in [1.54, 1.807) is 11.3 Å². The van der Waals surface area contributed by atoms with Gasteiger partial charge in [-0.25, -0.2) is 4.98 Å². The number of rotatable bonds is 6. The number of benzene rings is 1. The summed E-state index contributed by atoms with van der Waals surface area (Å²) in [4.78, 5) is 18.3. The molecule has 4 rings (SSSR count). The van der Waals surface area contributed by atoms with Crippen LogP contribution in [-0.2, 0) is 11.2 Å². The van der Waals surface area contributed by atoms with E-state index < -0.39 is 0 Å². The summed E-state index contributed by atoms with van der Waals surface area (Å²) in [6, 6.07) is 9.61. The van der Waals surface area contributed by atoms with Gasteiger partial charge in [0.15, 0.2) is 11.5 Å². The summed E-state index contributed by atoms with van der Waals surface area (Å²) in [5.74, 6) is 2.82. The number of aromatic nitrogens is 1. The molecule has 0 spiro atoms. The molecule has 1 atom stereocenters. The van der Waals surface area contributed by atoms with E-state index in [0.717, 1.165) is 21.9 Å². The van der Waals surface area contributed by atoms with Crippen LogP contribution in [0.25, 0.3) is 10.8 Å². The molecule has 29 heavy (non-hydrogen) atoms. The maximum absolute atomic E-state index is 12.8. The number of ether oxygens (including phenoxy) is 2. The smallest absolute Gasteiger partial charge is 0.236 e. The fourth-order valence-corrected chi connectivity index (χ4v) is 4.01. The first-order valence-corrected chi connectivity index (χ1v) is 10.6. The van der Waals surface area contributed by atoms with E-state index in [9.17, 15) is 4.79 Å². The van der Waals surface area contributed by atoms with Gasteiger partial charge in [0.25, 0.3) is 0 Å². The van der Waals surface area contributed by atoms with Crippen molar-refractivity contribution in [3.8, 4) is 22.3 Å². The zero-order valence-corrected chi connectivity index (χ0v) is 17.5. The van der Waals surface area contributed by atoms with Gasteiger partial charge in [-0.15, -0.1) is 11.3 Å². The lowest BCUT2D eigenvalue weighted by Crippen LogP contribution is -2.33. The number of hydrogen-bond donors (Lipinski definition) is 1. The molecule has 0 saturated heterocycles. The van der Waals surface area contributed by atoms with Gasteiger partial charge in [-0.2, -0.15) is 0 Å². The van der Waals surface area contributed by atoms with Crippen LogP contribution < -0.4 is 14.8 Å². The third-order valence-corrected chi connectivity index (χ3v) is 5.72.